The molecule has 0 fully saturated rings. The van der Waals surface area contributed by atoms with Gasteiger partial charge in [0.2, 0.25) is 0 Å². The third-order valence-electron chi connectivity index (χ3n) is 0. The predicted octanol–water partition coefficient (Wildman–Crippen LogP) is 1.29. The standard InChI is InChI=1S/C2H5.CH3.Ag/c1-2;;/h1H2,2H3;1H3;/q2*-1;+1. The average molecular weight is 152 g/mol. The largest absolute Gasteiger partial charge is 1.00 e. The zero-order valence-electron chi connectivity index (χ0n) is 3.01. The Morgan fingerprint density at radius 2 is 1.25 bits per heavy atom. The third-order valence-corrected chi connectivity index (χ3v) is 0. The van der Waals surface area contributed by atoms with E-state index in [0.717, 1.165) is 0 Å². The van der Waals surface area contributed by atoms with Gasteiger partial charge >= 0.3 is 22.4 Å². The van der Waals surface area contributed by atoms with Crippen molar-refractivity contribution in [3.63, 3.8) is 0 Å². The van der Waals surface area contributed by atoms with E-state index in [2.05, 4.69) is 6.92 Å². The Morgan fingerprint density at radius 3 is 1.25 bits per heavy atom. The maximum atomic E-state index is 3.25. The van der Waals surface area contributed by atoms with Gasteiger partial charge in [-0.2, -0.15) is 6.92 Å². The normalized spacial score (nSPS) is 1.50. The van der Waals surface area contributed by atoms with Crippen LogP contribution in [-0.2, 0) is 22.4 Å². The minimum absolute atomic E-state index is 0. The Labute approximate surface area is 44.1 Å². The number of rotatable bonds is 0. The summed E-state index contributed by atoms with van der Waals surface area (Å²) in [6, 6.07) is 0. The van der Waals surface area contributed by atoms with Crippen molar-refractivity contribution >= 4 is 0 Å². The molecule has 0 aromatic rings. The predicted molar refractivity (Wildman–Crippen MR) is 17.4 cm³/mol. The van der Waals surface area contributed by atoms with Gasteiger partial charge in [0.25, 0.3) is 0 Å². The molecular formula is C3H8Ag-. The van der Waals surface area contributed by atoms with E-state index < -0.39 is 0 Å². The maximum absolute atomic E-state index is 3.25. The van der Waals surface area contributed by atoms with Gasteiger partial charge in [-0.05, 0) is 0 Å². The van der Waals surface area contributed by atoms with Gasteiger partial charge < -0.3 is 14.4 Å². The number of hydrogen-bond acceptors (Lipinski definition) is 0. The zero-order valence-corrected chi connectivity index (χ0v) is 4.49. The van der Waals surface area contributed by atoms with Crippen LogP contribution in [-0.4, -0.2) is 0 Å². The summed E-state index contributed by atoms with van der Waals surface area (Å²) in [7, 11) is 0. The first-order valence-corrected chi connectivity index (χ1v) is 0.707. The van der Waals surface area contributed by atoms with Crippen molar-refractivity contribution in [2.75, 3.05) is 0 Å². The average Bonchev–Trinajstić information content (AvgIpc) is 1.00. The first-order chi connectivity index (χ1) is 1.00. The van der Waals surface area contributed by atoms with Crippen LogP contribution in [0.5, 0.6) is 0 Å². The second-order valence-electron chi connectivity index (χ2n) is 0. The van der Waals surface area contributed by atoms with Gasteiger partial charge in [0.1, 0.15) is 0 Å². The molecule has 0 rings (SSSR count). The van der Waals surface area contributed by atoms with Gasteiger partial charge in [-0.15, -0.1) is 0 Å². The fourth-order valence-corrected chi connectivity index (χ4v) is 0. The van der Waals surface area contributed by atoms with E-state index in [4.69, 9.17) is 0 Å². The Bertz CT molecular complexity index is 3.25. The molecule has 0 saturated heterocycles. The van der Waals surface area contributed by atoms with Crippen LogP contribution in [0.1, 0.15) is 6.92 Å². The van der Waals surface area contributed by atoms with Crippen LogP contribution < -0.4 is 0 Å². The maximum Gasteiger partial charge on any atom is 1.00 e. The molecule has 0 atom stereocenters. The summed E-state index contributed by atoms with van der Waals surface area (Å²) in [5.41, 5.74) is 0. The zero-order chi connectivity index (χ0) is 2.00. The van der Waals surface area contributed by atoms with E-state index >= 15 is 0 Å². The van der Waals surface area contributed by atoms with Crippen LogP contribution in [0.3, 0.4) is 0 Å². The molecule has 0 aliphatic heterocycles. The van der Waals surface area contributed by atoms with Crippen molar-refractivity contribution in [3.8, 4) is 0 Å². The fraction of sp³-hybridized carbons (Fsp3) is 0.333. The summed E-state index contributed by atoms with van der Waals surface area (Å²) < 4.78 is 0. The van der Waals surface area contributed by atoms with Crippen molar-refractivity contribution in [2.45, 2.75) is 6.92 Å². The summed E-state index contributed by atoms with van der Waals surface area (Å²) in [6.45, 7) is 5.00. The van der Waals surface area contributed by atoms with Gasteiger partial charge in [0, 0.05) is 0 Å². The summed E-state index contributed by atoms with van der Waals surface area (Å²) >= 11 is 0. The van der Waals surface area contributed by atoms with E-state index in [0.29, 0.717) is 0 Å². The van der Waals surface area contributed by atoms with Crippen LogP contribution in [0.25, 0.3) is 0 Å². The Balaban J connectivity index is -0.00000000500. The molecule has 1 heteroatoms. The minimum atomic E-state index is 0. The van der Waals surface area contributed by atoms with Crippen molar-refractivity contribution in [2.24, 2.45) is 0 Å². The molecule has 0 unspecified atom stereocenters. The minimum Gasteiger partial charge on any atom is -0.358 e. The van der Waals surface area contributed by atoms with E-state index in [1.54, 1.807) is 6.92 Å². The second kappa shape index (κ2) is 51.3. The quantitative estimate of drug-likeness (QED) is 0.362. The molecule has 0 aromatic carbocycles. The molecule has 0 nitrogen and oxygen atoms in total. The molecule has 0 amide bonds. The van der Waals surface area contributed by atoms with Gasteiger partial charge in [0.05, 0.1) is 0 Å². The fourth-order valence-electron chi connectivity index (χ4n) is 0. The molecular weight excluding hydrogens is 144 g/mol. The summed E-state index contributed by atoms with van der Waals surface area (Å²) in [5, 5.41) is 0. The molecule has 0 aliphatic carbocycles. The molecule has 0 N–H and O–H groups in total. The monoisotopic (exact) mass is 151 g/mol. The molecule has 0 aromatic heterocycles. The Hall–Kier alpha value is 0.740. The van der Waals surface area contributed by atoms with Crippen LogP contribution in [0.4, 0.5) is 0 Å². The van der Waals surface area contributed by atoms with E-state index in [-0.39, 0.29) is 29.8 Å². The van der Waals surface area contributed by atoms with E-state index in [1.165, 1.54) is 0 Å². The molecule has 0 bridgehead atoms. The summed E-state index contributed by atoms with van der Waals surface area (Å²) in [4.78, 5) is 0. The van der Waals surface area contributed by atoms with Crippen LogP contribution in [0.2, 0.25) is 0 Å². The molecule has 0 aliphatic rings. The van der Waals surface area contributed by atoms with E-state index in [1.807, 2.05) is 0 Å². The van der Waals surface area contributed by atoms with Crippen LogP contribution >= 0.6 is 0 Å². The van der Waals surface area contributed by atoms with Crippen molar-refractivity contribution in [1.82, 2.24) is 0 Å². The van der Waals surface area contributed by atoms with Crippen LogP contribution in [0.15, 0.2) is 0 Å². The van der Waals surface area contributed by atoms with E-state index in [9.17, 15) is 0 Å². The molecule has 0 heterocycles. The topological polar surface area (TPSA) is 0 Å². The molecule has 0 saturated carbocycles. The molecule has 4 heavy (non-hydrogen) atoms. The van der Waals surface area contributed by atoms with Gasteiger partial charge in [0.15, 0.2) is 0 Å². The summed E-state index contributed by atoms with van der Waals surface area (Å²) in [5.74, 6) is 0. The van der Waals surface area contributed by atoms with Gasteiger partial charge in [-0.25, -0.2) is 0 Å². The van der Waals surface area contributed by atoms with Crippen molar-refractivity contribution in [3.05, 3.63) is 14.4 Å². The summed E-state index contributed by atoms with van der Waals surface area (Å²) in [6.07, 6.45) is 0. The first-order valence-electron chi connectivity index (χ1n) is 0.707. The smallest absolute Gasteiger partial charge is 0.358 e. The van der Waals surface area contributed by atoms with Crippen LogP contribution in [0, 0.1) is 14.4 Å². The van der Waals surface area contributed by atoms with Gasteiger partial charge in [-0.3, -0.25) is 0 Å². The number of hydrogen-bond donors (Lipinski definition) is 0. The Morgan fingerprint density at radius 1 is 1.25 bits per heavy atom. The SMILES string of the molecule is [Ag+].[CH2-]C.[CH3-]. The molecule has 0 radical (unpaired) electrons. The molecule has 0 spiro atoms. The molecule has 32 valence electrons. The van der Waals surface area contributed by atoms with Gasteiger partial charge in [-0.1, -0.05) is 0 Å². The Kier molecular flexibility index (Phi) is 281. The van der Waals surface area contributed by atoms with Crippen molar-refractivity contribution in [1.29, 1.82) is 0 Å². The third kappa shape index (κ3) is 15.1. The first kappa shape index (κ1) is 21.9. The second-order valence-corrected chi connectivity index (χ2v) is 0. The van der Waals surface area contributed by atoms with Crippen molar-refractivity contribution < 1.29 is 22.4 Å².